The van der Waals surface area contributed by atoms with Gasteiger partial charge >= 0.3 is 0 Å². The van der Waals surface area contributed by atoms with Crippen LogP contribution >= 0.6 is 0 Å². The van der Waals surface area contributed by atoms with Crippen LogP contribution in [0.5, 0.6) is 5.75 Å². The minimum Gasteiger partial charge on any atom is -0.493 e. The highest BCUT2D eigenvalue weighted by atomic mass is 16.5. The fourth-order valence-corrected chi connectivity index (χ4v) is 5.69. The number of carbonyl (C=O) groups is 2. The molecule has 3 fully saturated rings. The second kappa shape index (κ2) is 10.5. The normalized spacial score (nSPS) is 27.8. The van der Waals surface area contributed by atoms with Crippen molar-refractivity contribution in [2.24, 2.45) is 11.8 Å². The lowest BCUT2D eigenvalue weighted by molar-refractivity contribution is -0.138. The molecule has 2 amide bonds. The summed E-state index contributed by atoms with van der Waals surface area (Å²) in [6.45, 7) is 5.70. The summed E-state index contributed by atoms with van der Waals surface area (Å²) in [6, 6.07) is 10.4. The number of benzene rings is 1. The number of ether oxygens (including phenoxy) is 1. The lowest BCUT2D eigenvalue weighted by Gasteiger charge is -2.41. The van der Waals surface area contributed by atoms with Crippen LogP contribution in [0.25, 0.3) is 0 Å². The third-order valence-corrected chi connectivity index (χ3v) is 7.31. The van der Waals surface area contributed by atoms with Gasteiger partial charge in [-0.25, -0.2) is 0 Å². The molecule has 1 saturated heterocycles. The number of nitrogens with zero attached hydrogens (tertiary/aromatic N) is 2. The molecule has 2 aliphatic carbocycles. The zero-order valence-electron chi connectivity index (χ0n) is 18.8. The molecule has 1 aromatic carbocycles. The standard InChI is InChI=1S/C25H37N3O3/c1-19(29)26-24-17-20(18-31-22-10-6-3-7-11-22)16-23(24)25(30)28-14-12-27(13-15-28)21-8-4-2-5-9-21/h3,6-7,10-11,20-21,23-24H,2,4-5,8-9,12-18H2,1H3,(H,26,29)/t20-,23-,24-/m1/s1. The summed E-state index contributed by atoms with van der Waals surface area (Å²) < 4.78 is 5.95. The average Bonchev–Trinajstić information content (AvgIpc) is 3.20. The molecule has 6 nitrogen and oxygen atoms in total. The van der Waals surface area contributed by atoms with E-state index in [1.807, 2.05) is 35.2 Å². The van der Waals surface area contributed by atoms with Gasteiger partial charge in [0.15, 0.2) is 0 Å². The molecule has 170 valence electrons. The molecule has 0 unspecified atom stereocenters. The van der Waals surface area contributed by atoms with Crippen molar-refractivity contribution in [2.75, 3.05) is 32.8 Å². The highest BCUT2D eigenvalue weighted by molar-refractivity contribution is 5.81. The highest BCUT2D eigenvalue weighted by Gasteiger charge is 2.42. The molecule has 1 aromatic rings. The van der Waals surface area contributed by atoms with Crippen LogP contribution in [0.4, 0.5) is 0 Å². The van der Waals surface area contributed by atoms with E-state index in [1.54, 1.807) is 0 Å². The van der Waals surface area contributed by atoms with Gasteiger partial charge in [-0.1, -0.05) is 37.5 Å². The summed E-state index contributed by atoms with van der Waals surface area (Å²) >= 11 is 0. The minimum absolute atomic E-state index is 0.0606. The van der Waals surface area contributed by atoms with Crippen molar-refractivity contribution in [3.8, 4) is 5.75 Å². The molecular formula is C25H37N3O3. The molecule has 0 bridgehead atoms. The minimum atomic E-state index is -0.144. The Kier molecular flexibility index (Phi) is 7.49. The first-order valence-corrected chi connectivity index (χ1v) is 12.1. The van der Waals surface area contributed by atoms with Gasteiger partial charge in [0.2, 0.25) is 11.8 Å². The molecule has 4 rings (SSSR count). The van der Waals surface area contributed by atoms with Gasteiger partial charge in [-0.3, -0.25) is 14.5 Å². The summed E-state index contributed by atoms with van der Waals surface area (Å²) in [4.78, 5) is 29.8. The van der Waals surface area contributed by atoms with Gasteiger partial charge in [-0.15, -0.1) is 0 Å². The summed E-state index contributed by atoms with van der Waals surface area (Å²) in [7, 11) is 0. The Morgan fingerprint density at radius 1 is 1.00 bits per heavy atom. The number of para-hydroxylation sites is 1. The number of piperazine rings is 1. The third kappa shape index (κ3) is 5.79. The van der Waals surface area contributed by atoms with E-state index < -0.39 is 0 Å². The van der Waals surface area contributed by atoms with Crippen LogP contribution in [-0.2, 0) is 9.59 Å². The fourth-order valence-electron chi connectivity index (χ4n) is 5.69. The number of hydrogen-bond donors (Lipinski definition) is 1. The number of amides is 2. The Labute approximate surface area is 186 Å². The lowest BCUT2D eigenvalue weighted by Crippen LogP contribution is -2.54. The smallest absolute Gasteiger partial charge is 0.227 e. The maximum atomic E-state index is 13.4. The Morgan fingerprint density at radius 3 is 2.39 bits per heavy atom. The Hall–Kier alpha value is -2.08. The second-order valence-corrected chi connectivity index (χ2v) is 9.53. The first kappa shape index (κ1) is 22.1. The van der Waals surface area contributed by atoms with E-state index in [2.05, 4.69) is 10.2 Å². The quantitative estimate of drug-likeness (QED) is 0.758. The van der Waals surface area contributed by atoms with Crippen LogP contribution in [0.15, 0.2) is 30.3 Å². The summed E-state index contributed by atoms with van der Waals surface area (Å²) in [5.74, 6) is 1.13. The average molecular weight is 428 g/mol. The first-order chi connectivity index (χ1) is 15.1. The molecule has 1 N–H and O–H groups in total. The van der Waals surface area contributed by atoms with Crippen LogP contribution in [0.3, 0.4) is 0 Å². The van der Waals surface area contributed by atoms with E-state index in [0.29, 0.717) is 12.6 Å². The van der Waals surface area contributed by atoms with Gasteiger partial charge < -0.3 is 15.0 Å². The predicted molar refractivity (Wildman–Crippen MR) is 121 cm³/mol. The van der Waals surface area contributed by atoms with Crippen LogP contribution in [0.2, 0.25) is 0 Å². The third-order valence-electron chi connectivity index (χ3n) is 7.31. The van der Waals surface area contributed by atoms with Crippen molar-refractivity contribution in [3.05, 3.63) is 30.3 Å². The van der Waals surface area contributed by atoms with Crippen molar-refractivity contribution < 1.29 is 14.3 Å². The van der Waals surface area contributed by atoms with Crippen molar-refractivity contribution in [1.82, 2.24) is 15.1 Å². The zero-order chi connectivity index (χ0) is 21.6. The number of rotatable bonds is 6. The fraction of sp³-hybridized carbons (Fsp3) is 0.680. The number of nitrogens with one attached hydrogen (secondary N) is 1. The zero-order valence-corrected chi connectivity index (χ0v) is 18.8. The van der Waals surface area contributed by atoms with E-state index >= 15 is 0 Å². The van der Waals surface area contributed by atoms with E-state index in [1.165, 1.54) is 39.0 Å². The van der Waals surface area contributed by atoms with Crippen LogP contribution in [0, 0.1) is 11.8 Å². The van der Waals surface area contributed by atoms with Crippen molar-refractivity contribution >= 4 is 11.8 Å². The molecule has 0 radical (unpaired) electrons. The van der Waals surface area contributed by atoms with Crippen LogP contribution in [-0.4, -0.2) is 66.5 Å². The van der Waals surface area contributed by atoms with Gasteiger partial charge in [0.05, 0.1) is 12.5 Å². The van der Waals surface area contributed by atoms with Gasteiger partial charge in [-0.05, 0) is 43.7 Å². The van der Waals surface area contributed by atoms with E-state index in [9.17, 15) is 9.59 Å². The van der Waals surface area contributed by atoms with Crippen molar-refractivity contribution in [3.63, 3.8) is 0 Å². The Bertz CT molecular complexity index is 727. The second-order valence-electron chi connectivity index (χ2n) is 9.53. The van der Waals surface area contributed by atoms with Crippen molar-refractivity contribution in [1.29, 1.82) is 0 Å². The summed E-state index contributed by atoms with van der Waals surface area (Å²) in [6.07, 6.45) is 8.25. The molecule has 0 aromatic heterocycles. The predicted octanol–water partition coefficient (Wildman–Crippen LogP) is 3.07. The topological polar surface area (TPSA) is 61.9 Å². The molecule has 1 heterocycles. The molecule has 0 spiro atoms. The van der Waals surface area contributed by atoms with Gasteiger partial charge in [0, 0.05) is 45.2 Å². The summed E-state index contributed by atoms with van der Waals surface area (Å²) in [5, 5.41) is 3.05. The first-order valence-electron chi connectivity index (χ1n) is 12.1. The molecule has 6 heteroatoms. The Morgan fingerprint density at radius 2 is 1.71 bits per heavy atom. The molecule has 3 atom stereocenters. The number of carbonyl (C=O) groups excluding carboxylic acids is 2. The van der Waals surface area contributed by atoms with E-state index in [0.717, 1.165) is 44.8 Å². The lowest BCUT2D eigenvalue weighted by atomic mass is 9.93. The maximum absolute atomic E-state index is 13.4. The molecule has 3 aliphatic rings. The van der Waals surface area contributed by atoms with Crippen LogP contribution in [0.1, 0.15) is 51.9 Å². The molecular weight excluding hydrogens is 390 g/mol. The van der Waals surface area contributed by atoms with Gasteiger partial charge in [0.1, 0.15) is 5.75 Å². The molecule has 2 saturated carbocycles. The highest BCUT2D eigenvalue weighted by Crippen LogP contribution is 2.34. The molecule has 1 aliphatic heterocycles. The number of hydrogen-bond acceptors (Lipinski definition) is 4. The maximum Gasteiger partial charge on any atom is 0.227 e. The summed E-state index contributed by atoms with van der Waals surface area (Å²) in [5.41, 5.74) is 0. The van der Waals surface area contributed by atoms with Gasteiger partial charge in [-0.2, -0.15) is 0 Å². The largest absolute Gasteiger partial charge is 0.493 e. The SMILES string of the molecule is CC(=O)N[C@@H]1C[C@H](COc2ccccc2)C[C@H]1C(=O)N1CCN(C2CCCCC2)CC1. The van der Waals surface area contributed by atoms with Gasteiger partial charge in [0.25, 0.3) is 0 Å². The van der Waals surface area contributed by atoms with E-state index in [4.69, 9.17) is 4.74 Å². The molecule has 31 heavy (non-hydrogen) atoms. The van der Waals surface area contributed by atoms with E-state index in [-0.39, 0.29) is 29.7 Å². The van der Waals surface area contributed by atoms with Crippen LogP contribution < -0.4 is 10.1 Å². The monoisotopic (exact) mass is 427 g/mol. The van der Waals surface area contributed by atoms with Crippen molar-refractivity contribution in [2.45, 2.75) is 64.0 Å². The Balaban J connectivity index is 1.32.